The molecular weight excluding hydrogens is 398 g/mol. The van der Waals surface area contributed by atoms with E-state index in [1.54, 1.807) is 0 Å². The zero-order valence-corrected chi connectivity index (χ0v) is 18.3. The summed E-state index contributed by atoms with van der Waals surface area (Å²) < 4.78 is 0. The third-order valence-corrected chi connectivity index (χ3v) is 8.80. The van der Waals surface area contributed by atoms with E-state index in [2.05, 4.69) is 10.6 Å². The lowest BCUT2D eigenvalue weighted by atomic mass is 9.54. The van der Waals surface area contributed by atoms with Crippen molar-refractivity contribution in [3.63, 3.8) is 0 Å². The molecule has 7 heteroatoms. The number of carboxylic acid groups (broad SMARTS) is 1. The molecule has 0 radical (unpaired) electrons. The minimum Gasteiger partial charge on any atom is -0.481 e. The fourth-order valence-electron chi connectivity index (χ4n) is 6.95. The number of carbonyl (C=O) groups excluding carboxylic acids is 1. The molecule has 162 valence electrons. The minimum absolute atomic E-state index is 0.0206. The normalized spacial score (nSPS) is 36.8. The zero-order valence-electron chi connectivity index (χ0n) is 17.5. The van der Waals surface area contributed by atoms with E-state index in [0.29, 0.717) is 35.0 Å². The Morgan fingerprint density at radius 3 is 2.47 bits per heavy atom. The van der Waals surface area contributed by atoms with Crippen LogP contribution < -0.4 is 10.6 Å². The average Bonchev–Trinajstić information content (AvgIpc) is 3.18. The van der Waals surface area contributed by atoms with Gasteiger partial charge in [0.1, 0.15) is 5.03 Å². The molecular formula is C23H31N3O3S. The number of nitrogens with zero attached hydrogens (tertiary/aromatic N) is 1. The molecule has 5 fully saturated rings. The number of hydrogen-bond acceptors (Lipinski definition) is 5. The largest absolute Gasteiger partial charge is 0.481 e. The maximum atomic E-state index is 13.2. The second-order valence-electron chi connectivity index (χ2n) is 9.96. The molecule has 4 aliphatic carbocycles. The van der Waals surface area contributed by atoms with E-state index >= 15 is 0 Å². The van der Waals surface area contributed by atoms with Gasteiger partial charge < -0.3 is 15.7 Å². The molecule has 1 aliphatic heterocycles. The Labute approximate surface area is 182 Å². The molecule has 1 saturated heterocycles. The Bertz CT molecular complexity index is 824. The number of pyridine rings is 1. The molecule has 1 amide bonds. The fraction of sp³-hybridized carbons (Fsp3) is 0.696. The van der Waals surface area contributed by atoms with E-state index in [-0.39, 0.29) is 12.3 Å². The van der Waals surface area contributed by atoms with Crippen LogP contribution in [-0.4, -0.2) is 47.4 Å². The molecule has 2 heterocycles. The van der Waals surface area contributed by atoms with Gasteiger partial charge in [0, 0.05) is 23.7 Å². The van der Waals surface area contributed by atoms with Gasteiger partial charge in [-0.15, -0.1) is 11.8 Å². The van der Waals surface area contributed by atoms with Gasteiger partial charge >= 0.3 is 5.97 Å². The average molecular weight is 430 g/mol. The quantitative estimate of drug-likeness (QED) is 0.602. The predicted octanol–water partition coefficient (Wildman–Crippen LogP) is 3.06. The summed E-state index contributed by atoms with van der Waals surface area (Å²) in [6.45, 7) is 1.40. The highest BCUT2D eigenvalue weighted by Crippen LogP contribution is 2.53. The molecule has 4 bridgehead atoms. The van der Waals surface area contributed by atoms with Crippen molar-refractivity contribution in [2.24, 2.45) is 23.7 Å². The van der Waals surface area contributed by atoms with Crippen LogP contribution in [-0.2, 0) is 10.2 Å². The highest BCUT2D eigenvalue weighted by Gasteiger charge is 2.48. The molecule has 4 saturated carbocycles. The first-order valence-electron chi connectivity index (χ1n) is 11.3. The predicted molar refractivity (Wildman–Crippen MR) is 116 cm³/mol. The van der Waals surface area contributed by atoms with E-state index in [9.17, 15) is 14.7 Å². The van der Waals surface area contributed by atoms with Crippen molar-refractivity contribution in [3.8, 4) is 0 Å². The molecule has 1 aromatic rings. The Hall–Kier alpha value is -1.60. The van der Waals surface area contributed by atoms with Crippen molar-refractivity contribution in [2.45, 2.75) is 61.4 Å². The topological polar surface area (TPSA) is 91.3 Å². The van der Waals surface area contributed by atoms with Crippen molar-refractivity contribution >= 4 is 23.6 Å². The molecule has 1 aromatic heterocycles. The van der Waals surface area contributed by atoms with Crippen LogP contribution in [0.2, 0.25) is 0 Å². The van der Waals surface area contributed by atoms with Gasteiger partial charge in [0.2, 0.25) is 0 Å². The number of aliphatic carboxylic acids is 1. The summed E-state index contributed by atoms with van der Waals surface area (Å²) >= 11 is 1.47. The van der Waals surface area contributed by atoms with Gasteiger partial charge in [0.25, 0.3) is 5.91 Å². The first kappa shape index (κ1) is 20.3. The highest BCUT2D eigenvalue weighted by molar-refractivity contribution is 7.98. The summed E-state index contributed by atoms with van der Waals surface area (Å²) in [5.41, 5.74) is 0.911. The van der Waals surface area contributed by atoms with Gasteiger partial charge in [-0.25, -0.2) is 4.98 Å². The first-order chi connectivity index (χ1) is 14.5. The molecule has 5 aliphatic rings. The Morgan fingerprint density at radius 2 is 1.90 bits per heavy atom. The Kier molecular flexibility index (Phi) is 5.30. The van der Waals surface area contributed by atoms with Gasteiger partial charge in [-0.1, -0.05) is 0 Å². The van der Waals surface area contributed by atoms with Gasteiger partial charge in [0.05, 0.1) is 12.0 Å². The van der Waals surface area contributed by atoms with Crippen LogP contribution in [0.15, 0.2) is 17.2 Å². The standard InChI is InChI=1S/C23H31N3O3S/c1-30-22-17(2-3-18(25-22)23(11-19(27)28)4-5-24-12-23)21(29)26-20-15-7-13-6-14(9-15)10-16(20)8-13/h2-3,13-16,20,24H,4-12H2,1H3,(H,26,29)(H,27,28)/t13?,14?,15?,16?,20?,23-/m1/s1. The van der Waals surface area contributed by atoms with Crippen molar-refractivity contribution in [2.75, 3.05) is 19.3 Å². The van der Waals surface area contributed by atoms with E-state index < -0.39 is 11.4 Å². The molecule has 1 atom stereocenters. The molecule has 3 N–H and O–H groups in total. The van der Waals surface area contributed by atoms with Gasteiger partial charge in [-0.3, -0.25) is 9.59 Å². The van der Waals surface area contributed by atoms with Crippen LogP contribution >= 0.6 is 11.8 Å². The van der Waals surface area contributed by atoms with Crippen LogP contribution in [0.5, 0.6) is 0 Å². The second-order valence-corrected chi connectivity index (χ2v) is 10.8. The number of carbonyl (C=O) groups is 2. The smallest absolute Gasteiger partial charge is 0.304 e. The first-order valence-corrected chi connectivity index (χ1v) is 12.5. The number of hydrogen-bond donors (Lipinski definition) is 3. The maximum absolute atomic E-state index is 13.2. The van der Waals surface area contributed by atoms with Crippen LogP contribution in [0.1, 0.15) is 61.0 Å². The van der Waals surface area contributed by atoms with Gasteiger partial charge in [-0.2, -0.15) is 0 Å². The van der Waals surface area contributed by atoms with Crippen LogP contribution in [0.4, 0.5) is 0 Å². The number of nitrogens with one attached hydrogen (secondary N) is 2. The summed E-state index contributed by atoms with van der Waals surface area (Å²) in [5.74, 6) is 2.21. The summed E-state index contributed by atoms with van der Waals surface area (Å²) in [4.78, 5) is 29.5. The summed E-state index contributed by atoms with van der Waals surface area (Å²) in [7, 11) is 0. The number of rotatable bonds is 6. The lowest BCUT2D eigenvalue weighted by Crippen LogP contribution is -2.55. The van der Waals surface area contributed by atoms with E-state index in [0.717, 1.165) is 30.5 Å². The fourth-order valence-corrected chi connectivity index (χ4v) is 7.52. The second kappa shape index (κ2) is 7.83. The molecule has 6 rings (SSSR count). The SMILES string of the molecule is CSc1nc([C@@]2(CC(=O)O)CCNC2)ccc1C(=O)NC1C2CC3CC(C2)CC1C3. The zero-order chi connectivity index (χ0) is 20.9. The molecule has 30 heavy (non-hydrogen) atoms. The third-order valence-electron chi connectivity index (χ3n) is 8.10. The molecule has 6 nitrogen and oxygen atoms in total. The van der Waals surface area contributed by atoms with Crippen molar-refractivity contribution in [3.05, 3.63) is 23.4 Å². The lowest BCUT2D eigenvalue weighted by Gasteiger charge is -2.54. The van der Waals surface area contributed by atoms with Crippen LogP contribution in [0.25, 0.3) is 0 Å². The summed E-state index contributed by atoms with van der Waals surface area (Å²) in [6, 6.07) is 4.04. The molecule has 0 unspecified atom stereocenters. The van der Waals surface area contributed by atoms with Crippen LogP contribution in [0.3, 0.4) is 0 Å². The van der Waals surface area contributed by atoms with Gasteiger partial charge in [0.15, 0.2) is 0 Å². The maximum Gasteiger partial charge on any atom is 0.304 e. The van der Waals surface area contributed by atoms with E-state index in [1.165, 1.54) is 43.9 Å². The lowest BCUT2D eigenvalue weighted by molar-refractivity contribution is -0.138. The summed E-state index contributed by atoms with van der Waals surface area (Å²) in [5, 5.41) is 16.8. The monoisotopic (exact) mass is 429 g/mol. The van der Waals surface area contributed by atoms with E-state index in [1.807, 2.05) is 18.4 Å². The van der Waals surface area contributed by atoms with Crippen LogP contribution in [0, 0.1) is 23.7 Å². The minimum atomic E-state index is -0.810. The third kappa shape index (κ3) is 3.54. The van der Waals surface area contributed by atoms with Crippen molar-refractivity contribution in [1.82, 2.24) is 15.6 Å². The number of thioether (sulfide) groups is 1. The van der Waals surface area contributed by atoms with E-state index in [4.69, 9.17) is 4.98 Å². The summed E-state index contributed by atoms with van der Waals surface area (Å²) in [6.07, 6.45) is 9.24. The van der Waals surface area contributed by atoms with Crippen molar-refractivity contribution in [1.29, 1.82) is 0 Å². The molecule has 0 aromatic carbocycles. The number of aromatic nitrogens is 1. The Balaban J connectivity index is 1.37. The number of amides is 1. The van der Waals surface area contributed by atoms with Crippen molar-refractivity contribution < 1.29 is 14.7 Å². The Morgan fingerprint density at radius 1 is 1.20 bits per heavy atom. The highest BCUT2D eigenvalue weighted by atomic mass is 32.2. The number of carboxylic acids is 1. The van der Waals surface area contributed by atoms with Gasteiger partial charge in [-0.05, 0) is 87.1 Å². The molecule has 0 spiro atoms.